The molecule has 192 valence electrons. The van der Waals surface area contributed by atoms with E-state index in [1.165, 1.54) is 0 Å². The minimum absolute atomic E-state index is 0.0244. The van der Waals surface area contributed by atoms with E-state index in [2.05, 4.69) is 26.1 Å². The van der Waals surface area contributed by atoms with Crippen molar-refractivity contribution < 1.29 is 14.6 Å². The number of aliphatic hydroxyl groups is 1. The van der Waals surface area contributed by atoms with Crippen molar-refractivity contribution >= 4 is 39.9 Å². The Labute approximate surface area is 228 Å². The molecule has 0 radical (unpaired) electrons. The molecule has 0 spiro atoms. The second kappa shape index (κ2) is 11.6. The smallest absolute Gasteiger partial charge is 0.252 e. The van der Waals surface area contributed by atoms with Gasteiger partial charge in [-0.1, -0.05) is 92.5 Å². The summed E-state index contributed by atoms with van der Waals surface area (Å²) in [4.78, 5) is 13.5. The Morgan fingerprint density at radius 2 is 1.62 bits per heavy atom. The van der Waals surface area contributed by atoms with Crippen LogP contribution in [0.15, 0.2) is 84.9 Å². The molecule has 6 heteroatoms. The lowest BCUT2D eigenvalue weighted by molar-refractivity contribution is 0.0833. The van der Waals surface area contributed by atoms with E-state index in [0.717, 1.165) is 22.1 Å². The minimum atomic E-state index is -0.986. The number of fused-ring (bicyclic) bond motifs is 1. The zero-order valence-corrected chi connectivity index (χ0v) is 22.7. The van der Waals surface area contributed by atoms with E-state index in [4.69, 9.17) is 27.9 Å². The molecular weight excluding hydrogens is 505 g/mol. The second-order valence-electron chi connectivity index (χ2n) is 10.4. The topological polar surface area (TPSA) is 58.6 Å². The van der Waals surface area contributed by atoms with Gasteiger partial charge < -0.3 is 15.2 Å². The molecule has 37 heavy (non-hydrogen) atoms. The lowest BCUT2D eigenvalue weighted by atomic mass is 9.95. The fraction of sp³-hybridized carbons (Fsp3) is 0.258. The Morgan fingerprint density at radius 3 is 2.38 bits per heavy atom. The van der Waals surface area contributed by atoms with Gasteiger partial charge in [0.1, 0.15) is 5.75 Å². The first-order valence-electron chi connectivity index (χ1n) is 12.2. The fourth-order valence-electron chi connectivity index (χ4n) is 4.20. The highest BCUT2D eigenvalue weighted by Gasteiger charge is 2.25. The zero-order chi connectivity index (χ0) is 26.6. The lowest BCUT2D eigenvalue weighted by Gasteiger charge is -2.26. The van der Waals surface area contributed by atoms with Crippen molar-refractivity contribution in [2.24, 2.45) is 5.41 Å². The number of benzene rings is 4. The Bertz CT molecular complexity index is 1400. The molecule has 2 N–H and O–H groups in total. The van der Waals surface area contributed by atoms with Gasteiger partial charge in [0.15, 0.2) is 0 Å². The Kier molecular flexibility index (Phi) is 8.43. The maximum Gasteiger partial charge on any atom is 0.252 e. The Hall–Kier alpha value is -3.05. The number of nitrogens with one attached hydrogen (secondary N) is 1. The average molecular weight is 536 g/mol. The largest absolute Gasteiger partial charge is 0.493 e. The quantitative estimate of drug-likeness (QED) is 0.243. The first-order valence-corrected chi connectivity index (χ1v) is 13.0. The Morgan fingerprint density at radius 1 is 0.919 bits per heavy atom. The summed E-state index contributed by atoms with van der Waals surface area (Å²) >= 11 is 12.6. The van der Waals surface area contributed by atoms with Gasteiger partial charge >= 0.3 is 0 Å². The molecule has 0 saturated carbocycles. The SMILES string of the molecule is CC(C)(C)COc1cccc(CC(NC(=O)c2cccc3c(Cl)cccc23)C(O)c2cccc(Cl)c2)c1. The normalized spacial score (nSPS) is 13.2. The van der Waals surface area contributed by atoms with Crippen LogP contribution >= 0.6 is 23.2 Å². The van der Waals surface area contributed by atoms with Crippen LogP contribution < -0.4 is 10.1 Å². The molecule has 1 amide bonds. The van der Waals surface area contributed by atoms with Crippen LogP contribution in [0.1, 0.15) is 48.4 Å². The fourth-order valence-corrected chi connectivity index (χ4v) is 4.63. The number of rotatable bonds is 8. The molecule has 0 aromatic heterocycles. The minimum Gasteiger partial charge on any atom is -0.493 e. The van der Waals surface area contributed by atoms with Gasteiger partial charge in [0.2, 0.25) is 0 Å². The van der Waals surface area contributed by atoms with Crippen molar-refractivity contribution in [3.05, 3.63) is 112 Å². The van der Waals surface area contributed by atoms with Crippen LogP contribution in [-0.2, 0) is 6.42 Å². The molecule has 0 bridgehead atoms. The van der Waals surface area contributed by atoms with Crippen LogP contribution in [-0.4, -0.2) is 23.7 Å². The number of carbonyl (C=O) groups excluding carboxylic acids is 1. The predicted octanol–water partition coefficient (Wildman–Crippen LogP) is 7.65. The molecule has 2 unspecified atom stereocenters. The number of ether oxygens (including phenoxy) is 1. The van der Waals surface area contributed by atoms with Gasteiger partial charge in [0, 0.05) is 21.0 Å². The van der Waals surface area contributed by atoms with E-state index in [1.54, 1.807) is 36.4 Å². The van der Waals surface area contributed by atoms with Gasteiger partial charge in [-0.15, -0.1) is 0 Å². The molecule has 0 saturated heterocycles. The average Bonchev–Trinajstić information content (AvgIpc) is 2.86. The van der Waals surface area contributed by atoms with Gasteiger partial charge in [-0.2, -0.15) is 0 Å². The standard InChI is InChI=1S/C31H31Cl2NO3/c1-31(2,3)19-37-23-11-4-8-20(16-23)17-28(29(35)21-9-5-10-22(32)18-21)34-30(36)26-14-6-13-25-24(26)12-7-15-27(25)33/h4-16,18,28-29,35H,17,19H2,1-3H3,(H,34,36). The first kappa shape index (κ1) is 27.0. The van der Waals surface area contributed by atoms with E-state index in [9.17, 15) is 9.90 Å². The zero-order valence-electron chi connectivity index (χ0n) is 21.2. The number of aliphatic hydroxyl groups excluding tert-OH is 1. The molecule has 4 rings (SSSR count). The summed E-state index contributed by atoms with van der Waals surface area (Å²) in [7, 11) is 0. The molecule has 0 heterocycles. The molecule has 4 aromatic rings. The van der Waals surface area contributed by atoms with Crippen LogP contribution in [0.2, 0.25) is 10.0 Å². The maximum absolute atomic E-state index is 13.5. The van der Waals surface area contributed by atoms with Crippen molar-refractivity contribution in [3.8, 4) is 5.75 Å². The summed E-state index contributed by atoms with van der Waals surface area (Å²) in [6.45, 7) is 6.92. The van der Waals surface area contributed by atoms with Crippen LogP contribution in [0.5, 0.6) is 5.75 Å². The molecule has 0 fully saturated rings. The molecule has 4 nitrogen and oxygen atoms in total. The van der Waals surface area contributed by atoms with Crippen LogP contribution in [0.3, 0.4) is 0 Å². The maximum atomic E-state index is 13.5. The van der Waals surface area contributed by atoms with E-state index in [1.807, 2.05) is 48.5 Å². The van der Waals surface area contributed by atoms with E-state index in [0.29, 0.717) is 34.2 Å². The third kappa shape index (κ3) is 7.04. The molecule has 0 aliphatic rings. The number of halogens is 2. The summed E-state index contributed by atoms with van der Waals surface area (Å²) in [5.74, 6) is 0.456. The molecule has 0 aliphatic heterocycles. The number of carbonyl (C=O) groups is 1. The monoisotopic (exact) mass is 535 g/mol. The van der Waals surface area contributed by atoms with E-state index < -0.39 is 12.1 Å². The van der Waals surface area contributed by atoms with Crippen molar-refractivity contribution in [2.45, 2.75) is 39.3 Å². The molecule has 4 aromatic carbocycles. The third-order valence-electron chi connectivity index (χ3n) is 6.03. The van der Waals surface area contributed by atoms with Crippen LogP contribution in [0.25, 0.3) is 10.8 Å². The number of hydrogen-bond acceptors (Lipinski definition) is 3. The molecule has 0 aliphatic carbocycles. The van der Waals surface area contributed by atoms with E-state index >= 15 is 0 Å². The highest BCUT2D eigenvalue weighted by atomic mass is 35.5. The third-order valence-corrected chi connectivity index (χ3v) is 6.59. The first-order chi connectivity index (χ1) is 17.6. The van der Waals surface area contributed by atoms with Gasteiger partial charge in [-0.25, -0.2) is 0 Å². The summed E-state index contributed by atoms with van der Waals surface area (Å²) in [5, 5.41) is 17.1. The number of amides is 1. The van der Waals surface area contributed by atoms with Crippen molar-refractivity contribution in [1.82, 2.24) is 5.32 Å². The van der Waals surface area contributed by atoms with Crippen LogP contribution in [0, 0.1) is 5.41 Å². The van der Waals surface area contributed by atoms with E-state index in [-0.39, 0.29) is 11.3 Å². The van der Waals surface area contributed by atoms with Gasteiger partial charge in [-0.05, 0) is 64.7 Å². The van der Waals surface area contributed by atoms with Crippen molar-refractivity contribution in [3.63, 3.8) is 0 Å². The van der Waals surface area contributed by atoms with Gasteiger partial charge in [0.25, 0.3) is 5.91 Å². The molecule has 2 atom stereocenters. The van der Waals surface area contributed by atoms with Crippen molar-refractivity contribution in [1.29, 1.82) is 0 Å². The van der Waals surface area contributed by atoms with Gasteiger partial charge in [0.05, 0.1) is 18.8 Å². The summed E-state index contributed by atoms with van der Waals surface area (Å²) in [5.41, 5.74) is 2.07. The summed E-state index contributed by atoms with van der Waals surface area (Å²) in [6, 6.07) is 25.1. The summed E-state index contributed by atoms with van der Waals surface area (Å²) in [6.07, 6.45) is -0.599. The highest BCUT2D eigenvalue weighted by Crippen LogP contribution is 2.28. The number of hydrogen-bond donors (Lipinski definition) is 2. The highest BCUT2D eigenvalue weighted by molar-refractivity contribution is 6.36. The van der Waals surface area contributed by atoms with Crippen LogP contribution in [0.4, 0.5) is 0 Å². The molecular formula is C31H31Cl2NO3. The second-order valence-corrected chi connectivity index (χ2v) is 11.3. The lowest BCUT2D eigenvalue weighted by Crippen LogP contribution is -2.41. The Balaban J connectivity index is 1.64. The predicted molar refractivity (Wildman–Crippen MR) is 152 cm³/mol. The van der Waals surface area contributed by atoms with Crippen molar-refractivity contribution in [2.75, 3.05) is 6.61 Å². The van der Waals surface area contributed by atoms with Gasteiger partial charge in [-0.3, -0.25) is 4.79 Å². The summed E-state index contributed by atoms with van der Waals surface area (Å²) < 4.78 is 5.98.